The number of ether oxygens (including phenoxy) is 1. The average Bonchev–Trinajstić information content (AvgIpc) is 2.33. The van der Waals surface area contributed by atoms with E-state index in [0.717, 1.165) is 32.8 Å². The van der Waals surface area contributed by atoms with E-state index in [1.54, 1.807) is 7.11 Å². The Kier molecular flexibility index (Phi) is 3.77. The minimum Gasteiger partial charge on any atom is -0.495 e. The van der Waals surface area contributed by atoms with Crippen molar-refractivity contribution in [2.75, 3.05) is 18.2 Å². The van der Waals surface area contributed by atoms with Crippen LogP contribution in [0.15, 0.2) is 40.9 Å². The van der Waals surface area contributed by atoms with Gasteiger partial charge >= 0.3 is 0 Å². The Morgan fingerprint density at radius 2 is 1.89 bits per heavy atom. The zero-order chi connectivity index (χ0) is 13.1. The monoisotopic (exact) mass is 306 g/mol. The predicted molar refractivity (Wildman–Crippen MR) is 79.6 cm³/mol. The van der Waals surface area contributed by atoms with E-state index in [2.05, 4.69) is 21.2 Å². The lowest BCUT2D eigenvalue weighted by molar-refractivity contribution is 0.417. The normalized spacial score (nSPS) is 10.2. The Morgan fingerprint density at radius 3 is 2.56 bits per heavy atom. The first-order valence-corrected chi connectivity index (χ1v) is 6.36. The van der Waals surface area contributed by atoms with E-state index in [0.29, 0.717) is 0 Å². The molecule has 2 aromatic carbocycles. The molecule has 0 aliphatic rings. The van der Waals surface area contributed by atoms with Gasteiger partial charge in [0.05, 0.1) is 24.2 Å². The fourth-order valence-electron chi connectivity index (χ4n) is 1.72. The summed E-state index contributed by atoms with van der Waals surface area (Å²) in [5.74, 6) is 0.776. The molecule has 0 saturated carbocycles. The van der Waals surface area contributed by atoms with E-state index in [1.807, 2.05) is 43.3 Å². The van der Waals surface area contributed by atoms with Crippen molar-refractivity contribution in [2.24, 2.45) is 0 Å². The van der Waals surface area contributed by atoms with E-state index in [1.165, 1.54) is 0 Å². The van der Waals surface area contributed by atoms with Crippen LogP contribution in [0.5, 0.6) is 5.75 Å². The number of rotatable bonds is 3. The number of nitrogen functional groups attached to an aromatic ring is 1. The number of nitrogens with two attached hydrogens (primary N) is 1. The number of nitrogens with one attached hydrogen (secondary N) is 1. The molecule has 3 N–H and O–H groups in total. The van der Waals surface area contributed by atoms with Crippen LogP contribution in [-0.4, -0.2) is 7.11 Å². The van der Waals surface area contributed by atoms with Gasteiger partial charge in [0.15, 0.2) is 0 Å². The van der Waals surface area contributed by atoms with E-state index < -0.39 is 0 Å². The molecule has 0 aromatic heterocycles. The Hall–Kier alpha value is -1.68. The Balaban J connectivity index is 2.36. The first-order valence-electron chi connectivity index (χ1n) is 5.57. The maximum atomic E-state index is 5.98. The van der Waals surface area contributed by atoms with Crippen molar-refractivity contribution >= 4 is 33.0 Å². The summed E-state index contributed by atoms with van der Waals surface area (Å²) >= 11 is 3.44. The number of halogens is 1. The van der Waals surface area contributed by atoms with Crippen molar-refractivity contribution in [3.8, 4) is 5.75 Å². The molecule has 0 amide bonds. The summed E-state index contributed by atoms with van der Waals surface area (Å²) in [4.78, 5) is 0. The second-order valence-electron chi connectivity index (χ2n) is 4.06. The van der Waals surface area contributed by atoms with Crippen LogP contribution >= 0.6 is 15.9 Å². The quantitative estimate of drug-likeness (QED) is 0.840. The maximum absolute atomic E-state index is 5.98. The SMILES string of the molecule is COc1ccc(Br)cc1Nc1ccc(C)cc1N. The van der Waals surface area contributed by atoms with Crippen LogP contribution < -0.4 is 15.8 Å². The van der Waals surface area contributed by atoms with Crippen molar-refractivity contribution in [3.05, 3.63) is 46.4 Å². The third-order valence-electron chi connectivity index (χ3n) is 2.64. The Bertz CT molecular complexity index is 570. The van der Waals surface area contributed by atoms with Gasteiger partial charge in [-0.3, -0.25) is 0 Å². The first kappa shape index (κ1) is 12.8. The van der Waals surface area contributed by atoms with Crippen LogP contribution in [0.3, 0.4) is 0 Å². The molecule has 94 valence electrons. The van der Waals surface area contributed by atoms with Gasteiger partial charge < -0.3 is 15.8 Å². The number of anilines is 3. The highest BCUT2D eigenvalue weighted by atomic mass is 79.9. The average molecular weight is 307 g/mol. The summed E-state index contributed by atoms with van der Waals surface area (Å²) < 4.78 is 6.29. The minimum atomic E-state index is 0.719. The number of methoxy groups -OCH3 is 1. The summed E-state index contributed by atoms with van der Waals surface area (Å²) in [6.07, 6.45) is 0. The molecule has 2 aromatic rings. The lowest BCUT2D eigenvalue weighted by Gasteiger charge is -2.13. The number of hydrogen-bond acceptors (Lipinski definition) is 3. The fraction of sp³-hybridized carbons (Fsp3) is 0.143. The van der Waals surface area contributed by atoms with Gasteiger partial charge in [0.25, 0.3) is 0 Å². The first-order chi connectivity index (χ1) is 8.60. The van der Waals surface area contributed by atoms with Crippen molar-refractivity contribution < 1.29 is 4.74 Å². The van der Waals surface area contributed by atoms with Crippen LogP contribution in [-0.2, 0) is 0 Å². The smallest absolute Gasteiger partial charge is 0.142 e. The highest BCUT2D eigenvalue weighted by molar-refractivity contribution is 9.10. The van der Waals surface area contributed by atoms with Gasteiger partial charge in [-0.25, -0.2) is 0 Å². The van der Waals surface area contributed by atoms with Crippen LogP contribution in [0.1, 0.15) is 5.56 Å². The predicted octanol–water partition coefficient (Wildman–Crippen LogP) is 4.09. The lowest BCUT2D eigenvalue weighted by atomic mass is 10.2. The van der Waals surface area contributed by atoms with Crippen LogP contribution in [0, 0.1) is 6.92 Å². The second-order valence-corrected chi connectivity index (χ2v) is 4.98. The van der Waals surface area contributed by atoms with Crippen LogP contribution in [0.25, 0.3) is 0 Å². The Labute approximate surface area is 115 Å². The molecule has 0 saturated heterocycles. The summed E-state index contributed by atoms with van der Waals surface area (Å²) in [6.45, 7) is 2.01. The van der Waals surface area contributed by atoms with Gasteiger partial charge in [-0.15, -0.1) is 0 Å². The van der Waals surface area contributed by atoms with Crippen molar-refractivity contribution in [1.82, 2.24) is 0 Å². The molecule has 4 heteroatoms. The van der Waals surface area contributed by atoms with Crippen molar-refractivity contribution in [3.63, 3.8) is 0 Å². The third kappa shape index (κ3) is 2.76. The molecule has 0 radical (unpaired) electrons. The molecule has 0 aliphatic heterocycles. The molecule has 0 heterocycles. The second kappa shape index (κ2) is 5.31. The molecule has 0 unspecified atom stereocenters. The largest absolute Gasteiger partial charge is 0.495 e. The van der Waals surface area contributed by atoms with E-state index in [-0.39, 0.29) is 0 Å². The topological polar surface area (TPSA) is 47.3 Å². The highest BCUT2D eigenvalue weighted by Crippen LogP contribution is 2.32. The molecule has 18 heavy (non-hydrogen) atoms. The maximum Gasteiger partial charge on any atom is 0.142 e. The number of aryl methyl sites for hydroxylation is 1. The molecule has 3 nitrogen and oxygen atoms in total. The molecule has 0 fully saturated rings. The fourth-order valence-corrected chi connectivity index (χ4v) is 2.08. The molecule has 0 bridgehead atoms. The summed E-state index contributed by atoms with van der Waals surface area (Å²) in [5.41, 5.74) is 9.59. The molecule has 0 atom stereocenters. The van der Waals surface area contributed by atoms with Gasteiger partial charge in [-0.05, 0) is 42.8 Å². The summed E-state index contributed by atoms with van der Waals surface area (Å²) in [7, 11) is 1.65. The van der Waals surface area contributed by atoms with Gasteiger partial charge in [0.1, 0.15) is 5.75 Å². The summed E-state index contributed by atoms with van der Waals surface area (Å²) in [6, 6.07) is 11.7. The van der Waals surface area contributed by atoms with E-state index in [4.69, 9.17) is 10.5 Å². The Morgan fingerprint density at radius 1 is 1.11 bits per heavy atom. The zero-order valence-electron chi connectivity index (χ0n) is 10.3. The van der Waals surface area contributed by atoms with E-state index in [9.17, 15) is 0 Å². The molecule has 2 rings (SSSR count). The number of hydrogen-bond donors (Lipinski definition) is 2. The highest BCUT2D eigenvalue weighted by Gasteiger charge is 2.06. The standard InChI is InChI=1S/C14H15BrN2O/c1-9-3-5-12(11(16)7-9)17-13-8-10(15)4-6-14(13)18-2/h3-8,17H,16H2,1-2H3. The molecule has 0 spiro atoms. The van der Waals surface area contributed by atoms with Gasteiger partial charge in [0, 0.05) is 4.47 Å². The van der Waals surface area contributed by atoms with Crippen molar-refractivity contribution in [1.29, 1.82) is 0 Å². The molecule has 0 aliphatic carbocycles. The van der Waals surface area contributed by atoms with Crippen LogP contribution in [0.4, 0.5) is 17.1 Å². The van der Waals surface area contributed by atoms with E-state index >= 15 is 0 Å². The van der Waals surface area contributed by atoms with Gasteiger partial charge in [0.2, 0.25) is 0 Å². The lowest BCUT2D eigenvalue weighted by Crippen LogP contribution is -1.98. The summed E-state index contributed by atoms with van der Waals surface area (Å²) in [5, 5.41) is 3.28. The van der Waals surface area contributed by atoms with Gasteiger partial charge in [-0.1, -0.05) is 22.0 Å². The molecular formula is C14H15BrN2O. The van der Waals surface area contributed by atoms with Crippen LogP contribution in [0.2, 0.25) is 0 Å². The molecular weight excluding hydrogens is 292 g/mol. The van der Waals surface area contributed by atoms with Gasteiger partial charge in [-0.2, -0.15) is 0 Å². The zero-order valence-corrected chi connectivity index (χ0v) is 11.9. The number of benzene rings is 2. The minimum absolute atomic E-state index is 0.719. The van der Waals surface area contributed by atoms with Crippen molar-refractivity contribution in [2.45, 2.75) is 6.92 Å². The third-order valence-corrected chi connectivity index (χ3v) is 3.13.